The molecule has 11 heavy (non-hydrogen) atoms. The topological polar surface area (TPSA) is 12.9 Å². The molecule has 0 aliphatic heterocycles. The third-order valence-corrected chi connectivity index (χ3v) is 1.74. The van der Waals surface area contributed by atoms with E-state index in [-0.39, 0.29) is 0 Å². The Morgan fingerprint density at radius 1 is 1.45 bits per heavy atom. The van der Waals surface area contributed by atoms with E-state index in [0.717, 1.165) is 11.1 Å². The molecular weight excluding hydrogens is 141 g/mol. The molecule has 1 aromatic rings. The summed E-state index contributed by atoms with van der Waals surface area (Å²) in [6, 6.07) is 1.47. The van der Waals surface area contributed by atoms with Crippen molar-refractivity contribution in [1.29, 1.82) is 0 Å². The van der Waals surface area contributed by atoms with Crippen LogP contribution in [0.2, 0.25) is 0 Å². The van der Waals surface area contributed by atoms with Crippen molar-refractivity contribution in [2.75, 3.05) is 0 Å². The average molecular weight is 153 g/mol. The molecule has 0 unspecified atom stereocenters. The van der Waals surface area contributed by atoms with Crippen LogP contribution in [0.1, 0.15) is 30.9 Å². The Hall–Kier alpha value is -0.920. The summed E-state index contributed by atoms with van der Waals surface area (Å²) < 4.78 is 12.5. The van der Waals surface area contributed by atoms with Crippen LogP contribution in [-0.2, 0) is 0 Å². The van der Waals surface area contributed by atoms with E-state index in [4.69, 9.17) is 0 Å². The number of pyridine rings is 1. The third-order valence-electron chi connectivity index (χ3n) is 1.74. The zero-order valence-electron chi connectivity index (χ0n) is 7.06. The Bertz CT molecular complexity index is 256. The first-order valence-electron chi connectivity index (χ1n) is 3.73. The highest BCUT2D eigenvalue weighted by atomic mass is 19.1. The molecule has 0 radical (unpaired) electrons. The number of hydrogen-bond donors (Lipinski definition) is 0. The molecule has 0 fully saturated rings. The van der Waals surface area contributed by atoms with Gasteiger partial charge in [0.05, 0.1) is 0 Å². The summed E-state index contributed by atoms with van der Waals surface area (Å²) in [6.45, 7) is 6.05. The molecule has 1 aromatic heterocycles. The summed E-state index contributed by atoms with van der Waals surface area (Å²) in [5.74, 6) is 0.0231. The first-order chi connectivity index (χ1) is 5.11. The maximum absolute atomic E-state index is 12.5. The van der Waals surface area contributed by atoms with E-state index in [9.17, 15) is 4.39 Å². The van der Waals surface area contributed by atoms with E-state index < -0.39 is 5.95 Å². The predicted octanol–water partition coefficient (Wildman–Crippen LogP) is 2.65. The van der Waals surface area contributed by atoms with Gasteiger partial charge in [-0.25, -0.2) is 4.98 Å². The van der Waals surface area contributed by atoms with Crippen LogP contribution in [0.3, 0.4) is 0 Å². The highest BCUT2D eigenvalue weighted by Crippen LogP contribution is 2.17. The van der Waals surface area contributed by atoms with Crippen LogP contribution in [0, 0.1) is 12.9 Å². The third kappa shape index (κ3) is 1.76. The Kier molecular flexibility index (Phi) is 2.22. The molecular formula is C9H12FN. The number of halogens is 1. The Balaban J connectivity index is 3.09. The van der Waals surface area contributed by atoms with Crippen LogP contribution in [0.5, 0.6) is 0 Å². The lowest BCUT2D eigenvalue weighted by Crippen LogP contribution is -1.94. The van der Waals surface area contributed by atoms with Gasteiger partial charge in [0.2, 0.25) is 5.95 Å². The number of aromatic nitrogens is 1. The van der Waals surface area contributed by atoms with Crippen molar-refractivity contribution in [2.45, 2.75) is 26.7 Å². The highest BCUT2D eigenvalue weighted by Gasteiger charge is 2.03. The van der Waals surface area contributed by atoms with Crippen molar-refractivity contribution >= 4 is 0 Å². The molecule has 0 spiro atoms. The van der Waals surface area contributed by atoms with Crippen molar-refractivity contribution in [2.24, 2.45) is 0 Å². The maximum Gasteiger partial charge on any atom is 0.213 e. The van der Waals surface area contributed by atoms with E-state index >= 15 is 0 Å². The summed E-state index contributed by atoms with van der Waals surface area (Å²) >= 11 is 0. The van der Waals surface area contributed by atoms with Gasteiger partial charge in [0.15, 0.2) is 0 Å². The van der Waals surface area contributed by atoms with Crippen molar-refractivity contribution in [3.8, 4) is 0 Å². The quantitative estimate of drug-likeness (QED) is 0.565. The minimum absolute atomic E-state index is 0.396. The second-order valence-corrected chi connectivity index (χ2v) is 3.02. The molecule has 0 saturated carbocycles. The fourth-order valence-corrected chi connectivity index (χ4v) is 1.14. The lowest BCUT2D eigenvalue weighted by atomic mass is 10.0. The fourth-order valence-electron chi connectivity index (χ4n) is 1.14. The Morgan fingerprint density at radius 2 is 2.09 bits per heavy atom. The summed E-state index contributed by atoms with van der Waals surface area (Å²) in [5, 5.41) is 0. The molecule has 0 N–H and O–H groups in total. The van der Waals surface area contributed by atoms with Gasteiger partial charge in [0.25, 0.3) is 0 Å². The standard InChI is InChI=1S/C9H12FN/c1-6(2)8-5-11-9(10)4-7(8)3/h4-6H,1-3H3. The molecule has 0 bridgehead atoms. The van der Waals surface area contributed by atoms with E-state index in [1.165, 1.54) is 6.07 Å². The summed E-state index contributed by atoms with van der Waals surface area (Å²) in [7, 11) is 0. The molecule has 0 aliphatic rings. The van der Waals surface area contributed by atoms with Crippen LogP contribution >= 0.6 is 0 Å². The molecule has 0 aromatic carbocycles. The number of nitrogens with zero attached hydrogens (tertiary/aromatic N) is 1. The van der Waals surface area contributed by atoms with Gasteiger partial charge in [0.1, 0.15) is 0 Å². The van der Waals surface area contributed by atoms with E-state index in [2.05, 4.69) is 18.8 Å². The molecule has 0 amide bonds. The van der Waals surface area contributed by atoms with Crippen LogP contribution < -0.4 is 0 Å². The normalized spacial score (nSPS) is 10.6. The summed E-state index contributed by atoms with van der Waals surface area (Å²) in [5.41, 5.74) is 2.10. The van der Waals surface area contributed by atoms with Crippen LogP contribution in [0.25, 0.3) is 0 Å². The smallest absolute Gasteiger partial charge is 0.213 e. The monoisotopic (exact) mass is 153 g/mol. The predicted molar refractivity (Wildman–Crippen MR) is 43.0 cm³/mol. The Morgan fingerprint density at radius 3 is 2.55 bits per heavy atom. The van der Waals surface area contributed by atoms with Gasteiger partial charge in [0, 0.05) is 6.20 Å². The zero-order valence-corrected chi connectivity index (χ0v) is 7.06. The fraction of sp³-hybridized carbons (Fsp3) is 0.444. The van der Waals surface area contributed by atoms with Crippen LogP contribution in [0.15, 0.2) is 12.3 Å². The number of aryl methyl sites for hydroxylation is 1. The second-order valence-electron chi connectivity index (χ2n) is 3.02. The number of rotatable bonds is 1. The maximum atomic E-state index is 12.5. The van der Waals surface area contributed by atoms with Gasteiger partial charge >= 0.3 is 0 Å². The van der Waals surface area contributed by atoms with E-state index in [1.807, 2.05) is 6.92 Å². The van der Waals surface area contributed by atoms with Gasteiger partial charge in [-0.3, -0.25) is 0 Å². The van der Waals surface area contributed by atoms with Gasteiger partial charge < -0.3 is 0 Å². The second kappa shape index (κ2) is 2.99. The minimum Gasteiger partial charge on any atom is -0.228 e. The van der Waals surface area contributed by atoms with Gasteiger partial charge in [-0.2, -0.15) is 4.39 Å². The lowest BCUT2D eigenvalue weighted by Gasteiger charge is -2.07. The largest absolute Gasteiger partial charge is 0.228 e. The molecule has 60 valence electrons. The van der Waals surface area contributed by atoms with Crippen molar-refractivity contribution in [3.05, 3.63) is 29.3 Å². The van der Waals surface area contributed by atoms with Gasteiger partial charge in [-0.05, 0) is 30.0 Å². The van der Waals surface area contributed by atoms with Crippen molar-refractivity contribution in [3.63, 3.8) is 0 Å². The molecule has 0 atom stereocenters. The van der Waals surface area contributed by atoms with Gasteiger partial charge in [-0.15, -0.1) is 0 Å². The zero-order chi connectivity index (χ0) is 8.43. The van der Waals surface area contributed by atoms with Crippen LogP contribution in [0.4, 0.5) is 4.39 Å². The molecule has 2 heteroatoms. The number of hydrogen-bond acceptors (Lipinski definition) is 1. The Labute approximate surface area is 66.3 Å². The molecule has 0 aliphatic carbocycles. The first-order valence-corrected chi connectivity index (χ1v) is 3.73. The summed E-state index contributed by atoms with van der Waals surface area (Å²) in [4.78, 5) is 3.59. The van der Waals surface area contributed by atoms with Gasteiger partial charge in [-0.1, -0.05) is 13.8 Å². The molecule has 0 saturated heterocycles. The molecule has 1 nitrogen and oxygen atoms in total. The average Bonchev–Trinajstić information content (AvgIpc) is 1.85. The first kappa shape index (κ1) is 8.18. The molecule has 1 heterocycles. The van der Waals surface area contributed by atoms with E-state index in [1.54, 1.807) is 6.20 Å². The lowest BCUT2D eigenvalue weighted by molar-refractivity contribution is 0.579. The van der Waals surface area contributed by atoms with Crippen molar-refractivity contribution in [1.82, 2.24) is 4.98 Å². The minimum atomic E-state index is -0.396. The molecule has 1 rings (SSSR count). The highest BCUT2D eigenvalue weighted by molar-refractivity contribution is 5.24. The van der Waals surface area contributed by atoms with E-state index in [0.29, 0.717) is 5.92 Å². The SMILES string of the molecule is Cc1cc(F)ncc1C(C)C. The summed E-state index contributed by atoms with van der Waals surface area (Å²) in [6.07, 6.45) is 1.61. The van der Waals surface area contributed by atoms with Crippen LogP contribution in [-0.4, -0.2) is 4.98 Å². The van der Waals surface area contributed by atoms with Crippen molar-refractivity contribution < 1.29 is 4.39 Å².